The maximum atomic E-state index is 6.29. The second kappa shape index (κ2) is 5.68. The topological polar surface area (TPSA) is 26.0 Å². The Morgan fingerprint density at radius 2 is 1.44 bits per heavy atom. The van der Waals surface area contributed by atoms with Crippen LogP contribution in [0.3, 0.4) is 0 Å². The van der Waals surface area contributed by atoms with Crippen LogP contribution in [0.2, 0.25) is 20.1 Å². The number of benzene rings is 2. The normalized spacial score (nSPS) is 10.7. The highest BCUT2D eigenvalue weighted by Crippen LogP contribution is 2.41. The molecular formula is C13H9Cl4N. The molecular weight excluding hydrogens is 312 g/mol. The van der Waals surface area contributed by atoms with E-state index in [1.807, 2.05) is 18.2 Å². The van der Waals surface area contributed by atoms with E-state index in [2.05, 4.69) is 0 Å². The third-order valence-corrected chi connectivity index (χ3v) is 4.36. The van der Waals surface area contributed by atoms with Gasteiger partial charge in [-0.15, -0.1) is 0 Å². The zero-order chi connectivity index (χ0) is 13.3. The molecule has 5 heteroatoms. The lowest BCUT2D eigenvalue weighted by Gasteiger charge is -2.11. The molecule has 2 aromatic rings. The first-order valence-corrected chi connectivity index (χ1v) is 6.68. The molecule has 0 unspecified atom stereocenters. The van der Waals surface area contributed by atoms with Crippen molar-refractivity contribution >= 4 is 46.4 Å². The van der Waals surface area contributed by atoms with Crippen molar-refractivity contribution in [2.24, 2.45) is 5.73 Å². The van der Waals surface area contributed by atoms with E-state index < -0.39 is 0 Å². The molecule has 94 valence electrons. The minimum absolute atomic E-state index is 0.324. The quantitative estimate of drug-likeness (QED) is 0.734. The van der Waals surface area contributed by atoms with Gasteiger partial charge in [0.15, 0.2) is 0 Å². The summed E-state index contributed by atoms with van der Waals surface area (Å²) >= 11 is 24.4. The van der Waals surface area contributed by atoms with Crippen LogP contribution < -0.4 is 5.73 Å². The zero-order valence-electron chi connectivity index (χ0n) is 9.18. The maximum Gasteiger partial charge on any atom is 0.0784 e. The van der Waals surface area contributed by atoms with Crippen LogP contribution in [0.1, 0.15) is 5.56 Å². The highest BCUT2D eigenvalue weighted by Gasteiger charge is 2.14. The lowest BCUT2D eigenvalue weighted by atomic mass is 10.0. The SMILES string of the molecule is NCc1cccc(-c2ccc(Cl)c(Cl)c2Cl)c1Cl. The molecule has 18 heavy (non-hydrogen) atoms. The monoisotopic (exact) mass is 319 g/mol. The fourth-order valence-electron chi connectivity index (χ4n) is 1.68. The third-order valence-electron chi connectivity index (χ3n) is 2.62. The maximum absolute atomic E-state index is 6.29. The van der Waals surface area contributed by atoms with Gasteiger partial charge in [0.2, 0.25) is 0 Å². The summed E-state index contributed by atoms with van der Waals surface area (Å²) in [5.74, 6) is 0. The molecule has 0 aromatic heterocycles. The van der Waals surface area contributed by atoms with Gasteiger partial charge < -0.3 is 5.73 Å². The molecule has 0 aliphatic heterocycles. The number of hydrogen-bond acceptors (Lipinski definition) is 1. The van der Waals surface area contributed by atoms with Crippen LogP contribution in [-0.4, -0.2) is 0 Å². The Labute approximate surface area is 125 Å². The smallest absolute Gasteiger partial charge is 0.0784 e. The summed E-state index contributed by atoms with van der Waals surface area (Å²) in [5.41, 5.74) is 8.02. The van der Waals surface area contributed by atoms with E-state index in [9.17, 15) is 0 Å². The van der Waals surface area contributed by atoms with Gasteiger partial charge in [0.05, 0.1) is 20.1 Å². The minimum Gasteiger partial charge on any atom is -0.326 e. The molecule has 0 radical (unpaired) electrons. The predicted octanol–water partition coefficient (Wildman–Crippen LogP) is 5.43. The van der Waals surface area contributed by atoms with E-state index in [-0.39, 0.29) is 0 Å². The Hall–Kier alpha value is -0.440. The average molecular weight is 321 g/mol. The van der Waals surface area contributed by atoms with Crippen molar-refractivity contribution in [3.05, 3.63) is 56.0 Å². The molecule has 0 saturated heterocycles. The van der Waals surface area contributed by atoms with Crippen molar-refractivity contribution in [1.29, 1.82) is 0 Å². The van der Waals surface area contributed by atoms with E-state index in [1.165, 1.54) is 0 Å². The number of rotatable bonds is 2. The van der Waals surface area contributed by atoms with E-state index >= 15 is 0 Å². The summed E-state index contributed by atoms with van der Waals surface area (Å²) < 4.78 is 0. The van der Waals surface area contributed by atoms with Crippen LogP contribution >= 0.6 is 46.4 Å². The highest BCUT2D eigenvalue weighted by atomic mass is 35.5. The van der Waals surface area contributed by atoms with Gasteiger partial charge in [0.1, 0.15) is 0 Å². The Morgan fingerprint density at radius 3 is 2.11 bits per heavy atom. The van der Waals surface area contributed by atoms with Gasteiger partial charge in [-0.05, 0) is 11.6 Å². The molecule has 1 nitrogen and oxygen atoms in total. The van der Waals surface area contributed by atoms with Crippen LogP contribution in [0.5, 0.6) is 0 Å². The van der Waals surface area contributed by atoms with Crippen LogP contribution in [-0.2, 0) is 6.54 Å². The van der Waals surface area contributed by atoms with Gasteiger partial charge in [-0.1, -0.05) is 70.7 Å². The van der Waals surface area contributed by atoms with Gasteiger partial charge in [-0.2, -0.15) is 0 Å². The van der Waals surface area contributed by atoms with Crippen LogP contribution in [0.25, 0.3) is 11.1 Å². The Kier molecular flexibility index (Phi) is 4.41. The van der Waals surface area contributed by atoms with Crippen molar-refractivity contribution in [2.75, 3.05) is 0 Å². The predicted molar refractivity (Wildman–Crippen MR) is 79.8 cm³/mol. The molecule has 0 saturated carbocycles. The van der Waals surface area contributed by atoms with Crippen LogP contribution in [0, 0.1) is 0 Å². The number of halogens is 4. The first-order valence-electron chi connectivity index (χ1n) is 5.17. The highest BCUT2D eigenvalue weighted by molar-refractivity contribution is 6.49. The van der Waals surface area contributed by atoms with E-state index in [0.29, 0.717) is 26.6 Å². The van der Waals surface area contributed by atoms with Crippen molar-refractivity contribution in [2.45, 2.75) is 6.54 Å². The average Bonchev–Trinajstić information content (AvgIpc) is 2.37. The molecule has 0 atom stereocenters. The fraction of sp³-hybridized carbons (Fsp3) is 0.0769. The van der Waals surface area contributed by atoms with Crippen molar-refractivity contribution in [1.82, 2.24) is 0 Å². The summed E-state index contributed by atoms with van der Waals surface area (Å²) in [7, 11) is 0. The second-order valence-electron chi connectivity index (χ2n) is 3.71. The Bertz CT molecular complexity index is 596. The first-order chi connectivity index (χ1) is 8.56. The Morgan fingerprint density at radius 1 is 0.778 bits per heavy atom. The Balaban J connectivity index is 2.66. The standard InChI is InChI=1S/C13H9Cl4N/c14-10-5-4-9(12(16)13(10)17)8-3-1-2-7(6-18)11(8)15/h1-5H,6,18H2. The molecule has 0 aliphatic carbocycles. The van der Waals surface area contributed by atoms with E-state index in [0.717, 1.165) is 16.7 Å². The van der Waals surface area contributed by atoms with Crippen molar-refractivity contribution < 1.29 is 0 Å². The fourth-order valence-corrected chi connectivity index (χ4v) is 2.62. The molecule has 0 spiro atoms. The molecule has 2 rings (SSSR count). The summed E-state index contributed by atoms with van der Waals surface area (Å²) in [6, 6.07) is 9.10. The summed E-state index contributed by atoms with van der Waals surface area (Å²) in [4.78, 5) is 0. The minimum atomic E-state index is 0.324. The van der Waals surface area contributed by atoms with Gasteiger partial charge in [-0.25, -0.2) is 0 Å². The largest absolute Gasteiger partial charge is 0.326 e. The molecule has 0 amide bonds. The first kappa shape index (κ1) is 14.0. The van der Waals surface area contributed by atoms with Gasteiger partial charge in [-0.3, -0.25) is 0 Å². The number of nitrogens with two attached hydrogens (primary N) is 1. The van der Waals surface area contributed by atoms with Gasteiger partial charge in [0.25, 0.3) is 0 Å². The number of hydrogen-bond donors (Lipinski definition) is 1. The summed E-state index contributed by atoms with van der Waals surface area (Å²) in [5, 5.41) is 1.71. The van der Waals surface area contributed by atoms with Crippen LogP contribution in [0.15, 0.2) is 30.3 Å². The summed E-state index contributed by atoms with van der Waals surface area (Å²) in [6.07, 6.45) is 0. The van der Waals surface area contributed by atoms with Crippen molar-refractivity contribution in [3.8, 4) is 11.1 Å². The molecule has 0 aliphatic rings. The van der Waals surface area contributed by atoms with E-state index in [4.69, 9.17) is 52.1 Å². The van der Waals surface area contributed by atoms with Crippen molar-refractivity contribution in [3.63, 3.8) is 0 Å². The summed E-state index contributed by atoms with van der Waals surface area (Å²) in [6.45, 7) is 0.367. The lowest BCUT2D eigenvalue weighted by molar-refractivity contribution is 1.07. The molecule has 0 fully saturated rings. The zero-order valence-corrected chi connectivity index (χ0v) is 12.2. The molecule has 2 N–H and O–H groups in total. The molecule has 0 heterocycles. The van der Waals surface area contributed by atoms with E-state index in [1.54, 1.807) is 12.1 Å². The van der Waals surface area contributed by atoms with Gasteiger partial charge >= 0.3 is 0 Å². The molecule has 2 aromatic carbocycles. The second-order valence-corrected chi connectivity index (χ2v) is 5.25. The lowest BCUT2D eigenvalue weighted by Crippen LogP contribution is -1.98. The van der Waals surface area contributed by atoms with Crippen LogP contribution in [0.4, 0.5) is 0 Å². The molecule has 0 bridgehead atoms. The van der Waals surface area contributed by atoms with Gasteiger partial charge in [0, 0.05) is 17.7 Å². The third kappa shape index (κ3) is 2.47.